The zero-order valence-electron chi connectivity index (χ0n) is 15.7. The Bertz CT molecular complexity index is 642. The molecule has 27 heavy (non-hydrogen) atoms. The van der Waals surface area contributed by atoms with Gasteiger partial charge in [0, 0.05) is 43.9 Å². The van der Waals surface area contributed by atoms with Crippen LogP contribution in [-0.4, -0.2) is 80.7 Å². The molecule has 0 saturated carbocycles. The molecule has 1 aromatic rings. The fourth-order valence-electron chi connectivity index (χ4n) is 3.73. The Morgan fingerprint density at radius 1 is 1.41 bits per heavy atom. The van der Waals surface area contributed by atoms with E-state index in [-0.39, 0.29) is 24.7 Å². The van der Waals surface area contributed by atoms with Crippen LogP contribution in [0.4, 0.5) is 0 Å². The molecule has 1 amide bonds. The molecule has 8 heteroatoms. The van der Waals surface area contributed by atoms with Gasteiger partial charge in [-0.1, -0.05) is 0 Å². The first kappa shape index (κ1) is 19.9. The van der Waals surface area contributed by atoms with Crippen molar-refractivity contribution >= 4 is 5.91 Å². The predicted octanol–water partition coefficient (Wildman–Crippen LogP) is -0.0134. The number of hydrogen-bond acceptors (Lipinski definition) is 7. The number of rotatable bonds is 8. The van der Waals surface area contributed by atoms with Crippen LogP contribution >= 0.6 is 0 Å². The number of morpholine rings is 1. The molecule has 2 fully saturated rings. The van der Waals surface area contributed by atoms with Crippen LogP contribution in [0, 0.1) is 0 Å². The number of aliphatic hydroxyl groups is 1. The summed E-state index contributed by atoms with van der Waals surface area (Å²) in [5.74, 6) is 0.956. The van der Waals surface area contributed by atoms with Gasteiger partial charge >= 0.3 is 0 Å². The summed E-state index contributed by atoms with van der Waals surface area (Å²) in [4.78, 5) is 15.0. The highest BCUT2D eigenvalue weighted by atomic mass is 16.5. The third-order valence-electron chi connectivity index (χ3n) is 5.08. The lowest BCUT2D eigenvalue weighted by Crippen LogP contribution is -2.46. The van der Waals surface area contributed by atoms with Crippen LogP contribution in [0.5, 0.6) is 11.5 Å². The Morgan fingerprint density at radius 3 is 3.00 bits per heavy atom. The lowest BCUT2D eigenvalue weighted by Gasteiger charge is -2.34. The van der Waals surface area contributed by atoms with Gasteiger partial charge in [-0.25, -0.2) is 0 Å². The van der Waals surface area contributed by atoms with Gasteiger partial charge in [0.15, 0.2) is 11.5 Å². The third-order valence-corrected chi connectivity index (χ3v) is 5.08. The Hall–Kier alpha value is -1.87. The Labute approximate surface area is 159 Å². The number of nitrogens with one attached hydrogen (secondary N) is 1. The lowest BCUT2D eigenvalue weighted by atomic mass is 10.1. The SMILES string of the molecule is COc1ccc(C(=O)N[C@@H]2C[C@H]3CO[C@@H](CCO)CN3C2)cc1OCCN. The van der Waals surface area contributed by atoms with Crippen LogP contribution < -0.4 is 20.5 Å². The van der Waals surface area contributed by atoms with Crippen LogP contribution in [0.25, 0.3) is 0 Å². The maximum atomic E-state index is 12.7. The highest BCUT2D eigenvalue weighted by molar-refractivity contribution is 5.95. The van der Waals surface area contributed by atoms with Crippen molar-refractivity contribution in [3.8, 4) is 11.5 Å². The fraction of sp³-hybridized carbons (Fsp3) is 0.632. The van der Waals surface area contributed by atoms with E-state index in [0.717, 1.165) is 19.5 Å². The number of amides is 1. The smallest absolute Gasteiger partial charge is 0.251 e. The average Bonchev–Trinajstić information content (AvgIpc) is 3.07. The van der Waals surface area contributed by atoms with Gasteiger partial charge < -0.3 is 30.4 Å². The summed E-state index contributed by atoms with van der Waals surface area (Å²) in [5.41, 5.74) is 6.02. The molecule has 3 atom stereocenters. The van der Waals surface area contributed by atoms with E-state index in [4.69, 9.17) is 25.1 Å². The van der Waals surface area contributed by atoms with Crippen LogP contribution in [0.2, 0.25) is 0 Å². The summed E-state index contributed by atoms with van der Waals surface area (Å²) in [6, 6.07) is 5.55. The summed E-state index contributed by atoms with van der Waals surface area (Å²) in [7, 11) is 1.56. The molecule has 1 aromatic carbocycles. The molecule has 8 nitrogen and oxygen atoms in total. The summed E-state index contributed by atoms with van der Waals surface area (Å²) in [5, 5.41) is 12.2. The monoisotopic (exact) mass is 379 g/mol. The lowest BCUT2D eigenvalue weighted by molar-refractivity contribution is -0.0566. The van der Waals surface area contributed by atoms with Gasteiger partial charge in [-0.05, 0) is 31.0 Å². The van der Waals surface area contributed by atoms with Gasteiger partial charge in [0.05, 0.1) is 19.8 Å². The number of nitrogens with zero attached hydrogens (tertiary/aromatic N) is 1. The van der Waals surface area contributed by atoms with E-state index in [1.54, 1.807) is 25.3 Å². The third kappa shape index (κ3) is 4.90. The van der Waals surface area contributed by atoms with Gasteiger partial charge in [0.2, 0.25) is 0 Å². The minimum Gasteiger partial charge on any atom is -0.493 e. The number of carbonyl (C=O) groups is 1. The van der Waals surface area contributed by atoms with Crippen LogP contribution in [0.3, 0.4) is 0 Å². The topological polar surface area (TPSA) is 106 Å². The molecular weight excluding hydrogens is 350 g/mol. The van der Waals surface area contributed by atoms with E-state index in [9.17, 15) is 4.79 Å². The minimum absolute atomic E-state index is 0.0736. The molecule has 2 aliphatic rings. The van der Waals surface area contributed by atoms with Crippen molar-refractivity contribution in [2.45, 2.75) is 31.0 Å². The molecule has 0 radical (unpaired) electrons. The first-order valence-electron chi connectivity index (χ1n) is 9.43. The van der Waals surface area contributed by atoms with E-state index in [2.05, 4.69) is 10.2 Å². The maximum Gasteiger partial charge on any atom is 0.251 e. The first-order valence-corrected chi connectivity index (χ1v) is 9.43. The van der Waals surface area contributed by atoms with Crippen LogP contribution in [0.15, 0.2) is 18.2 Å². The number of methoxy groups -OCH3 is 1. The van der Waals surface area contributed by atoms with Crippen molar-refractivity contribution in [3.05, 3.63) is 23.8 Å². The molecule has 0 aromatic heterocycles. The summed E-state index contributed by atoms with van der Waals surface area (Å²) >= 11 is 0. The largest absolute Gasteiger partial charge is 0.493 e. The van der Waals surface area contributed by atoms with Crippen molar-refractivity contribution in [2.24, 2.45) is 5.73 Å². The Morgan fingerprint density at radius 2 is 2.26 bits per heavy atom. The van der Waals surface area contributed by atoms with Crippen molar-refractivity contribution < 1.29 is 24.1 Å². The molecule has 2 saturated heterocycles. The van der Waals surface area contributed by atoms with E-state index < -0.39 is 0 Å². The first-order chi connectivity index (χ1) is 13.1. The van der Waals surface area contributed by atoms with Crippen LogP contribution in [-0.2, 0) is 4.74 Å². The minimum atomic E-state index is -0.132. The van der Waals surface area contributed by atoms with E-state index in [0.29, 0.717) is 49.3 Å². The number of benzene rings is 1. The number of hydrogen-bond donors (Lipinski definition) is 3. The summed E-state index contributed by atoms with van der Waals surface area (Å²) in [6.07, 6.45) is 1.59. The van der Waals surface area contributed by atoms with Gasteiger partial charge in [0.25, 0.3) is 5.91 Å². The van der Waals surface area contributed by atoms with Gasteiger partial charge in [-0.3, -0.25) is 9.69 Å². The highest BCUT2D eigenvalue weighted by Crippen LogP contribution is 2.29. The standard InChI is InChI=1S/C19H29N3O5/c1-25-17-3-2-13(8-18(17)26-7-5-20)19(24)21-14-9-15-12-27-16(4-6-23)11-22(15)10-14/h2-3,8,14-16,23H,4-7,9-12,20H2,1H3,(H,21,24)/t14-,15+,16+/m1/s1. The Kier molecular flexibility index (Phi) is 6.89. The quantitative estimate of drug-likeness (QED) is 0.583. The molecule has 0 bridgehead atoms. The second-order valence-electron chi connectivity index (χ2n) is 6.98. The molecule has 3 rings (SSSR count). The average molecular weight is 379 g/mol. The van der Waals surface area contributed by atoms with Gasteiger partial charge in [-0.15, -0.1) is 0 Å². The van der Waals surface area contributed by atoms with Crippen molar-refractivity contribution in [1.82, 2.24) is 10.2 Å². The van der Waals surface area contributed by atoms with Gasteiger partial charge in [-0.2, -0.15) is 0 Å². The highest BCUT2D eigenvalue weighted by Gasteiger charge is 2.37. The molecule has 4 N–H and O–H groups in total. The molecule has 0 spiro atoms. The summed E-state index contributed by atoms with van der Waals surface area (Å²) < 4.78 is 16.6. The van der Waals surface area contributed by atoms with Crippen LogP contribution in [0.1, 0.15) is 23.2 Å². The zero-order chi connectivity index (χ0) is 19.2. The predicted molar refractivity (Wildman–Crippen MR) is 100 cm³/mol. The van der Waals surface area contributed by atoms with Gasteiger partial charge in [0.1, 0.15) is 6.61 Å². The second kappa shape index (κ2) is 9.36. The number of carbonyl (C=O) groups excluding carboxylic acids is 1. The number of fused-ring (bicyclic) bond motifs is 1. The molecule has 2 heterocycles. The van der Waals surface area contributed by atoms with E-state index in [1.807, 2.05) is 0 Å². The van der Waals surface area contributed by atoms with E-state index >= 15 is 0 Å². The van der Waals surface area contributed by atoms with Crippen molar-refractivity contribution in [2.75, 3.05) is 46.6 Å². The molecule has 0 unspecified atom stereocenters. The molecule has 150 valence electrons. The number of nitrogens with two attached hydrogens (primary N) is 1. The molecular formula is C19H29N3O5. The van der Waals surface area contributed by atoms with Crippen molar-refractivity contribution in [1.29, 1.82) is 0 Å². The van der Waals surface area contributed by atoms with Crippen molar-refractivity contribution in [3.63, 3.8) is 0 Å². The fourth-order valence-corrected chi connectivity index (χ4v) is 3.73. The zero-order valence-corrected chi connectivity index (χ0v) is 15.7. The number of ether oxygens (including phenoxy) is 3. The Balaban J connectivity index is 1.59. The maximum absolute atomic E-state index is 12.7. The molecule has 0 aliphatic carbocycles. The van der Waals surface area contributed by atoms with E-state index in [1.165, 1.54) is 0 Å². The molecule has 2 aliphatic heterocycles. The summed E-state index contributed by atoms with van der Waals surface area (Å²) in [6.45, 7) is 3.13. The number of aliphatic hydroxyl groups excluding tert-OH is 1. The second-order valence-corrected chi connectivity index (χ2v) is 6.98. The normalized spacial score (nSPS) is 25.1.